The Balaban J connectivity index is 1.61. The van der Waals surface area contributed by atoms with Gasteiger partial charge in [0.2, 0.25) is 5.95 Å². The number of fused-ring (bicyclic) bond motifs is 2. The minimum absolute atomic E-state index is 0.00481. The summed E-state index contributed by atoms with van der Waals surface area (Å²) in [6.45, 7) is 0. The van der Waals surface area contributed by atoms with Crippen molar-refractivity contribution in [2.75, 3.05) is 4.90 Å². The Hall–Kier alpha value is -4.78. The van der Waals surface area contributed by atoms with Crippen molar-refractivity contribution in [1.82, 2.24) is 15.0 Å². The van der Waals surface area contributed by atoms with Gasteiger partial charge >= 0.3 is 5.91 Å². The van der Waals surface area contributed by atoms with Crippen molar-refractivity contribution in [3.05, 3.63) is 108 Å². The zero-order valence-electron chi connectivity index (χ0n) is 17.8. The van der Waals surface area contributed by atoms with Crippen LogP contribution >= 0.6 is 0 Å². The smallest absolute Gasteiger partial charge is 0.302 e. The van der Waals surface area contributed by atoms with Gasteiger partial charge in [-0.2, -0.15) is 0 Å². The van der Waals surface area contributed by atoms with Crippen LogP contribution in [-0.2, 0) is 9.59 Å². The first-order valence-electron chi connectivity index (χ1n) is 10.8. The van der Waals surface area contributed by atoms with E-state index in [0.717, 1.165) is 16.3 Å². The number of anilines is 1. The minimum Gasteiger partial charge on any atom is -0.507 e. The fourth-order valence-corrected chi connectivity index (χ4v) is 4.53. The van der Waals surface area contributed by atoms with E-state index in [1.54, 1.807) is 30.6 Å². The summed E-state index contributed by atoms with van der Waals surface area (Å²) < 4.78 is 0. The van der Waals surface area contributed by atoms with Crippen LogP contribution in [0.4, 0.5) is 5.95 Å². The Morgan fingerprint density at radius 2 is 1.71 bits per heavy atom. The molecule has 1 saturated heterocycles. The Bertz CT molecular complexity index is 1580. The van der Waals surface area contributed by atoms with Gasteiger partial charge in [-0.05, 0) is 34.5 Å². The molecule has 7 heteroatoms. The average Bonchev–Trinajstić information content (AvgIpc) is 3.42. The largest absolute Gasteiger partial charge is 0.507 e. The molecule has 0 bridgehead atoms. The number of nitrogens with one attached hydrogen (secondary N) is 1. The molecule has 1 aliphatic heterocycles. The molecule has 1 amide bonds. The maximum Gasteiger partial charge on any atom is 0.302 e. The Kier molecular flexibility index (Phi) is 4.48. The lowest BCUT2D eigenvalue weighted by Gasteiger charge is -2.22. The molecule has 1 aliphatic rings. The molecule has 34 heavy (non-hydrogen) atoms. The number of aliphatic hydroxyl groups is 1. The first kappa shape index (κ1) is 19.9. The van der Waals surface area contributed by atoms with Gasteiger partial charge in [0, 0.05) is 18.0 Å². The number of carbonyl (C=O) groups excluding carboxylic acids is 2. The number of hydrogen-bond donors (Lipinski definition) is 2. The van der Waals surface area contributed by atoms with Crippen LogP contribution in [0.5, 0.6) is 0 Å². The van der Waals surface area contributed by atoms with Gasteiger partial charge in [-0.25, -0.2) is 4.98 Å². The number of pyridine rings is 1. The number of H-pyrrole nitrogens is 1. The van der Waals surface area contributed by atoms with Gasteiger partial charge in [-0.3, -0.25) is 19.5 Å². The molecule has 164 valence electrons. The zero-order chi connectivity index (χ0) is 23.2. The highest BCUT2D eigenvalue weighted by atomic mass is 16.3. The topological polar surface area (TPSA) is 99.2 Å². The third kappa shape index (κ3) is 2.98. The first-order valence-corrected chi connectivity index (χ1v) is 10.8. The van der Waals surface area contributed by atoms with Crippen molar-refractivity contribution in [2.45, 2.75) is 6.04 Å². The molecule has 2 aromatic heterocycles. The Morgan fingerprint density at radius 1 is 0.912 bits per heavy atom. The zero-order valence-corrected chi connectivity index (χ0v) is 17.8. The lowest BCUT2D eigenvalue weighted by atomic mass is 9.94. The number of Topliss-reactive ketones (excluding diaryl/α,β-unsaturated/α-hetero) is 1. The van der Waals surface area contributed by atoms with Gasteiger partial charge in [-0.15, -0.1) is 0 Å². The fourth-order valence-electron chi connectivity index (χ4n) is 4.53. The second kappa shape index (κ2) is 7.67. The molecule has 3 heterocycles. The fraction of sp³-hybridized carbons (Fsp3) is 0.0370. The molecular formula is C27H18N4O3. The molecule has 6 rings (SSSR count). The number of aliphatic hydroxyl groups excluding tert-OH is 1. The van der Waals surface area contributed by atoms with Gasteiger partial charge in [0.25, 0.3) is 5.78 Å². The molecule has 0 radical (unpaired) electrons. The number of benzene rings is 3. The van der Waals surface area contributed by atoms with Crippen molar-refractivity contribution >= 4 is 45.2 Å². The van der Waals surface area contributed by atoms with Crippen molar-refractivity contribution in [3.63, 3.8) is 0 Å². The summed E-state index contributed by atoms with van der Waals surface area (Å²) in [4.78, 5) is 39.9. The molecular weight excluding hydrogens is 428 g/mol. The van der Waals surface area contributed by atoms with Gasteiger partial charge < -0.3 is 10.1 Å². The van der Waals surface area contributed by atoms with Crippen molar-refractivity contribution in [3.8, 4) is 0 Å². The lowest BCUT2D eigenvalue weighted by Crippen LogP contribution is -2.30. The van der Waals surface area contributed by atoms with Gasteiger partial charge in [0.15, 0.2) is 0 Å². The van der Waals surface area contributed by atoms with E-state index in [1.165, 1.54) is 4.90 Å². The number of amides is 1. The predicted octanol–water partition coefficient (Wildman–Crippen LogP) is 4.74. The molecule has 0 spiro atoms. The summed E-state index contributed by atoms with van der Waals surface area (Å²) in [6, 6.07) is 23.0. The third-order valence-electron chi connectivity index (χ3n) is 6.09. The van der Waals surface area contributed by atoms with Crippen LogP contribution in [0.25, 0.3) is 27.6 Å². The number of ketones is 1. The van der Waals surface area contributed by atoms with E-state index in [2.05, 4.69) is 15.0 Å². The summed E-state index contributed by atoms with van der Waals surface area (Å²) in [5.41, 5.74) is 2.46. The number of carbonyl (C=O) groups is 2. The number of hydrogen-bond acceptors (Lipinski definition) is 5. The molecule has 0 saturated carbocycles. The van der Waals surface area contributed by atoms with Crippen LogP contribution in [0, 0.1) is 0 Å². The number of para-hydroxylation sites is 2. The summed E-state index contributed by atoms with van der Waals surface area (Å²) >= 11 is 0. The number of rotatable bonds is 3. The van der Waals surface area contributed by atoms with Gasteiger partial charge in [0.05, 0.1) is 22.6 Å². The SMILES string of the molecule is O=C1C(=O)N(c2nc3ccccc3[nH]2)C(c2cccnc2)/C1=C(\O)c1cccc2ccccc12. The first-order chi connectivity index (χ1) is 16.6. The van der Waals surface area contributed by atoms with Crippen molar-refractivity contribution in [1.29, 1.82) is 0 Å². The second-order valence-corrected chi connectivity index (χ2v) is 8.06. The van der Waals surface area contributed by atoms with Crippen LogP contribution in [0.2, 0.25) is 0 Å². The molecule has 3 aromatic carbocycles. The summed E-state index contributed by atoms with van der Waals surface area (Å²) in [5.74, 6) is -1.55. The molecule has 2 N–H and O–H groups in total. The number of imidazole rings is 1. The quantitative estimate of drug-likeness (QED) is 0.237. The van der Waals surface area contributed by atoms with Crippen molar-refractivity contribution in [2.24, 2.45) is 0 Å². The summed E-state index contributed by atoms with van der Waals surface area (Å²) in [6.07, 6.45) is 3.20. The predicted molar refractivity (Wildman–Crippen MR) is 129 cm³/mol. The van der Waals surface area contributed by atoms with E-state index in [0.29, 0.717) is 16.6 Å². The van der Waals surface area contributed by atoms with Crippen LogP contribution in [-0.4, -0.2) is 31.7 Å². The molecule has 1 unspecified atom stereocenters. The maximum atomic E-state index is 13.4. The van der Waals surface area contributed by atoms with Crippen LogP contribution in [0.3, 0.4) is 0 Å². The van der Waals surface area contributed by atoms with Crippen LogP contribution in [0.15, 0.2) is 96.8 Å². The number of aromatic nitrogens is 3. The van der Waals surface area contributed by atoms with Crippen molar-refractivity contribution < 1.29 is 14.7 Å². The Morgan fingerprint density at radius 3 is 2.53 bits per heavy atom. The Labute approximate surface area is 194 Å². The lowest BCUT2D eigenvalue weighted by molar-refractivity contribution is -0.132. The normalized spacial score (nSPS) is 17.6. The van der Waals surface area contributed by atoms with Crippen LogP contribution in [0.1, 0.15) is 17.2 Å². The standard InChI is InChI=1S/C27H18N4O3/c32-24(19-11-5-8-16-7-1-2-10-18(16)19)22-23(17-9-6-14-28-15-17)31(26(34)25(22)33)27-29-20-12-3-4-13-21(20)30-27/h1-15,23,32H,(H,29,30)/b24-22+. The number of aromatic amines is 1. The highest BCUT2D eigenvalue weighted by Crippen LogP contribution is 2.42. The van der Waals surface area contributed by atoms with E-state index in [9.17, 15) is 14.7 Å². The molecule has 0 aliphatic carbocycles. The highest BCUT2D eigenvalue weighted by Gasteiger charge is 2.48. The molecule has 5 aromatic rings. The molecule has 1 atom stereocenters. The summed E-state index contributed by atoms with van der Waals surface area (Å²) in [7, 11) is 0. The second-order valence-electron chi connectivity index (χ2n) is 8.06. The van der Waals surface area contributed by atoms with E-state index in [1.807, 2.05) is 60.7 Å². The van der Waals surface area contributed by atoms with Crippen LogP contribution < -0.4 is 4.90 Å². The van der Waals surface area contributed by atoms with Gasteiger partial charge in [-0.1, -0.05) is 60.7 Å². The van der Waals surface area contributed by atoms with E-state index in [4.69, 9.17) is 0 Å². The van der Waals surface area contributed by atoms with Gasteiger partial charge in [0.1, 0.15) is 5.76 Å². The molecule has 7 nitrogen and oxygen atoms in total. The highest BCUT2D eigenvalue weighted by molar-refractivity contribution is 6.51. The third-order valence-corrected chi connectivity index (χ3v) is 6.09. The maximum absolute atomic E-state index is 13.4. The van der Waals surface area contributed by atoms with E-state index in [-0.39, 0.29) is 17.3 Å². The summed E-state index contributed by atoms with van der Waals surface area (Å²) in [5, 5.41) is 13.2. The monoisotopic (exact) mass is 446 g/mol. The molecule has 1 fully saturated rings. The minimum atomic E-state index is -0.895. The van der Waals surface area contributed by atoms with E-state index >= 15 is 0 Å². The number of nitrogens with zero attached hydrogens (tertiary/aromatic N) is 3. The van der Waals surface area contributed by atoms with E-state index < -0.39 is 17.7 Å². The average molecular weight is 446 g/mol.